The normalized spacial score (nSPS) is 13.1. The van der Waals surface area contributed by atoms with Crippen molar-refractivity contribution in [2.45, 2.75) is 62.0 Å². The number of aryl methyl sites for hydroxylation is 1. The summed E-state index contributed by atoms with van der Waals surface area (Å²) in [6, 6.07) is 18.2. The Bertz CT molecular complexity index is 1330. The Morgan fingerprint density at radius 2 is 1.84 bits per heavy atom. The van der Waals surface area contributed by atoms with Gasteiger partial charge in [-0.3, -0.25) is 9.78 Å². The maximum Gasteiger partial charge on any atom is 0.355 e. The first-order valence-electron chi connectivity index (χ1n) is 12.1. The van der Waals surface area contributed by atoms with Crippen LogP contribution in [0.2, 0.25) is 5.02 Å². The second-order valence-electron chi connectivity index (χ2n) is 8.91. The summed E-state index contributed by atoms with van der Waals surface area (Å²) in [5.41, 5.74) is 1.89. The van der Waals surface area contributed by atoms with Gasteiger partial charge in [0.05, 0.1) is 15.9 Å². The third-order valence-corrected chi connectivity index (χ3v) is 7.90. The van der Waals surface area contributed by atoms with Crippen molar-refractivity contribution in [1.29, 1.82) is 0 Å². The van der Waals surface area contributed by atoms with E-state index in [1.807, 2.05) is 13.8 Å². The molecule has 37 heavy (non-hydrogen) atoms. The van der Waals surface area contributed by atoms with Crippen molar-refractivity contribution >= 4 is 27.4 Å². The molecule has 0 radical (unpaired) electrons. The summed E-state index contributed by atoms with van der Waals surface area (Å²) >= 11 is 6.01. The minimum absolute atomic E-state index is 0.111. The van der Waals surface area contributed by atoms with Gasteiger partial charge >= 0.3 is 5.97 Å². The van der Waals surface area contributed by atoms with E-state index in [0.717, 1.165) is 0 Å². The quantitative estimate of drug-likeness (QED) is 0.233. The molecule has 0 amide bonds. The van der Waals surface area contributed by atoms with Gasteiger partial charge in [0.15, 0.2) is 5.75 Å². The molecule has 0 heterocycles. The van der Waals surface area contributed by atoms with E-state index in [9.17, 15) is 18.3 Å². The number of carbonyl (C=O) groups is 1. The van der Waals surface area contributed by atoms with Crippen molar-refractivity contribution in [3.05, 3.63) is 88.4 Å². The van der Waals surface area contributed by atoms with Gasteiger partial charge in [-0.2, -0.15) is 0 Å². The number of hydrogen-bond donors (Lipinski definition) is 2. The van der Waals surface area contributed by atoms with Crippen LogP contribution in [0.4, 0.5) is 0 Å². The third-order valence-electron chi connectivity index (χ3n) is 5.82. The van der Waals surface area contributed by atoms with Crippen LogP contribution < -0.4 is 10.2 Å². The minimum Gasteiger partial charge on any atom is -0.387 e. The Labute approximate surface area is 223 Å². The van der Waals surface area contributed by atoms with E-state index < -0.39 is 21.9 Å². The van der Waals surface area contributed by atoms with Crippen molar-refractivity contribution in [3.63, 3.8) is 0 Å². The molecule has 0 aliphatic rings. The van der Waals surface area contributed by atoms with Crippen LogP contribution in [0.5, 0.6) is 5.75 Å². The van der Waals surface area contributed by atoms with Gasteiger partial charge in [-0.15, -0.1) is 0 Å². The first-order valence-corrected chi connectivity index (χ1v) is 14.0. The second-order valence-corrected chi connectivity index (χ2v) is 11.3. The van der Waals surface area contributed by atoms with Gasteiger partial charge in [-0.1, -0.05) is 48.9 Å². The molecule has 0 fully saturated rings. The van der Waals surface area contributed by atoms with E-state index in [1.165, 1.54) is 18.2 Å². The Hall–Kier alpha value is -2.91. The zero-order valence-electron chi connectivity index (χ0n) is 21.1. The Morgan fingerprint density at radius 1 is 1.08 bits per heavy atom. The SMILES string of the molecule is CCCC(=O)OOc1ccc(S(=O)(=O)c2ccccc2C[C@@H](C)NC[C@H](O)c2cccc(Cl)c2)cc1C. The maximum atomic E-state index is 13.5. The van der Waals surface area contributed by atoms with Gasteiger partial charge in [0.1, 0.15) is 0 Å². The average molecular weight is 546 g/mol. The maximum absolute atomic E-state index is 13.5. The van der Waals surface area contributed by atoms with Gasteiger partial charge in [0.2, 0.25) is 9.84 Å². The molecule has 3 aromatic rings. The highest BCUT2D eigenvalue weighted by molar-refractivity contribution is 7.91. The van der Waals surface area contributed by atoms with Crippen LogP contribution in [-0.2, 0) is 25.9 Å². The molecular weight excluding hydrogens is 514 g/mol. The predicted molar refractivity (Wildman–Crippen MR) is 142 cm³/mol. The van der Waals surface area contributed by atoms with Gasteiger partial charge < -0.3 is 10.4 Å². The van der Waals surface area contributed by atoms with Gasteiger partial charge in [-0.05, 0) is 79.8 Å². The molecule has 0 unspecified atom stereocenters. The second kappa shape index (κ2) is 13.1. The summed E-state index contributed by atoms with van der Waals surface area (Å²) < 4.78 is 27.1. The monoisotopic (exact) mass is 545 g/mol. The van der Waals surface area contributed by atoms with Crippen molar-refractivity contribution in [3.8, 4) is 5.75 Å². The first kappa shape index (κ1) is 28.7. The first-order chi connectivity index (χ1) is 17.6. The van der Waals surface area contributed by atoms with E-state index in [0.29, 0.717) is 41.1 Å². The lowest BCUT2D eigenvalue weighted by Gasteiger charge is -2.19. The lowest BCUT2D eigenvalue weighted by molar-refractivity contribution is -0.214. The Balaban J connectivity index is 1.71. The molecule has 9 heteroatoms. The lowest BCUT2D eigenvalue weighted by Crippen LogP contribution is -2.32. The molecule has 0 saturated carbocycles. The van der Waals surface area contributed by atoms with Crippen molar-refractivity contribution in [2.75, 3.05) is 6.54 Å². The molecule has 0 bridgehead atoms. The van der Waals surface area contributed by atoms with E-state index >= 15 is 0 Å². The molecule has 0 aliphatic carbocycles. The smallest absolute Gasteiger partial charge is 0.355 e. The molecule has 0 saturated heterocycles. The number of halogens is 1. The van der Waals surface area contributed by atoms with Crippen LogP contribution >= 0.6 is 11.6 Å². The van der Waals surface area contributed by atoms with Crippen molar-refractivity contribution < 1.29 is 28.1 Å². The number of nitrogens with one attached hydrogen (secondary N) is 1. The summed E-state index contributed by atoms with van der Waals surface area (Å²) in [6.45, 7) is 5.76. The number of carbonyl (C=O) groups excluding carboxylic acids is 1. The fourth-order valence-corrected chi connectivity index (χ4v) is 5.61. The van der Waals surface area contributed by atoms with Crippen molar-refractivity contribution in [2.24, 2.45) is 0 Å². The van der Waals surface area contributed by atoms with E-state index in [1.54, 1.807) is 55.5 Å². The van der Waals surface area contributed by atoms with E-state index in [4.69, 9.17) is 21.4 Å². The fourth-order valence-electron chi connectivity index (χ4n) is 3.83. The average Bonchev–Trinajstić information content (AvgIpc) is 2.87. The summed E-state index contributed by atoms with van der Waals surface area (Å²) in [7, 11) is -3.83. The van der Waals surface area contributed by atoms with E-state index in [2.05, 4.69) is 5.32 Å². The largest absolute Gasteiger partial charge is 0.387 e. The predicted octanol–water partition coefficient (Wildman–Crippen LogP) is 5.37. The van der Waals surface area contributed by atoms with Crippen LogP contribution in [0, 0.1) is 6.92 Å². The number of aliphatic hydroxyl groups excluding tert-OH is 1. The number of benzene rings is 3. The van der Waals surface area contributed by atoms with Crippen LogP contribution in [0.1, 0.15) is 49.5 Å². The van der Waals surface area contributed by atoms with Gasteiger partial charge in [0, 0.05) is 24.0 Å². The summed E-state index contributed by atoms with van der Waals surface area (Å²) in [5, 5.41) is 14.3. The number of hydrogen-bond acceptors (Lipinski definition) is 7. The summed E-state index contributed by atoms with van der Waals surface area (Å²) in [4.78, 5) is 21.8. The highest BCUT2D eigenvalue weighted by Gasteiger charge is 2.23. The van der Waals surface area contributed by atoms with Gasteiger partial charge in [0.25, 0.3) is 0 Å². The molecule has 7 nitrogen and oxygen atoms in total. The van der Waals surface area contributed by atoms with E-state index in [-0.39, 0.29) is 28.0 Å². The Morgan fingerprint density at radius 3 is 2.54 bits per heavy atom. The number of sulfone groups is 1. The molecule has 0 aliphatic heterocycles. The molecule has 3 aromatic carbocycles. The Kier molecular flexibility index (Phi) is 10.1. The lowest BCUT2D eigenvalue weighted by atomic mass is 10.1. The molecule has 2 N–H and O–H groups in total. The molecule has 2 atom stereocenters. The minimum atomic E-state index is -3.83. The molecule has 198 valence electrons. The molecule has 3 rings (SSSR count). The van der Waals surface area contributed by atoms with Crippen LogP contribution in [-0.4, -0.2) is 32.1 Å². The molecule has 0 spiro atoms. The zero-order valence-corrected chi connectivity index (χ0v) is 22.7. The third kappa shape index (κ3) is 7.79. The van der Waals surface area contributed by atoms with Crippen molar-refractivity contribution in [1.82, 2.24) is 5.32 Å². The topological polar surface area (TPSA) is 102 Å². The summed E-state index contributed by atoms with van der Waals surface area (Å²) in [6.07, 6.45) is 0.555. The number of rotatable bonds is 12. The van der Waals surface area contributed by atoms with Crippen LogP contribution in [0.25, 0.3) is 0 Å². The highest BCUT2D eigenvalue weighted by Crippen LogP contribution is 2.29. The zero-order chi connectivity index (χ0) is 27.0. The highest BCUT2D eigenvalue weighted by atomic mass is 35.5. The summed E-state index contributed by atoms with van der Waals surface area (Å²) in [5.74, 6) is -0.219. The van der Waals surface area contributed by atoms with Gasteiger partial charge in [-0.25, -0.2) is 13.2 Å². The molecule has 0 aromatic heterocycles. The fraction of sp³-hybridized carbons (Fsp3) is 0.321. The molecular formula is C28H32ClNO6S. The standard InChI is InChI=1S/C28H32ClNO6S/c1-4-8-28(32)36-35-26-14-13-24(15-19(26)2)37(33,34)27-12-6-5-9-22(27)16-20(3)30-18-25(31)21-10-7-11-23(29)17-21/h5-7,9-15,17,20,25,30-31H,4,8,16,18H2,1-3H3/t20-,25+/m1/s1. The van der Waals surface area contributed by atoms with Crippen LogP contribution in [0.3, 0.4) is 0 Å². The van der Waals surface area contributed by atoms with Crippen LogP contribution in [0.15, 0.2) is 76.5 Å². The number of aliphatic hydroxyl groups is 1.